The van der Waals surface area contributed by atoms with Crippen molar-refractivity contribution in [1.82, 2.24) is 5.32 Å². The quantitative estimate of drug-likeness (QED) is 0.623. The summed E-state index contributed by atoms with van der Waals surface area (Å²) in [5.74, 6) is -0.407. The number of hydrogen-bond acceptors (Lipinski definition) is 5. The molecule has 1 aliphatic rings. The van der Waals surface area contributed by atoms with Crippen LogP contribution in [0.25, 0.3) is 0 Å². The molecular weight excluding hydrogens is 348 g/mol. The molecule has 6 nitrogen and oxygen atoms in total. The molecule has 1 aromatic carbocycles. The van der Waals surface area contributed by atoms with Crippen molar-refractivity contribution in [3.8, 4) is 0 Å². The first kappa shape index (κ1) is 20.2. The maximum Gasteiger partial charge on any atom is 0.240 e. The highest BCUT2D eigenvalue weighted by Crippen LogP contribution is 2.24. The molecule has 0 unspecified atom stereocenters. The Kier molecular flexibility index (Phi) is 6.23. The monoisotopic (exact) mass is 374 g/mol. The number of carbonyl (C=O) groups excluding carboxylic acids is 2. The van der Waals surface area contributed by atoms with Gasteiger partial charge in [0.2, 0.25) is 11.8 Å². The minimum absolute atomic E-state index is 0.0810. The van der Waals surface area contributed by atoms with Crippen LogP contribution in [0.15, 0.2) is 28.4 Å². The van der Waals surface area contributed by atoms with E-state index in [0.29, 0.717) is 5.17 Å². The Bertz CT molecular complexity index is 778. The zero-order valence-corrected chi connectivity index (χ0v) is 17.0. The van der Waals surface area contributed by atoms with Crippen LogP contribution in [0.3, 0.4) is 0 Å². The van der Waals surface area contributed by atoms with E-state index >= 15 is 0 Å². The third-order valence-corrected chi connectivity index (χ3v) is 5.47. The molecule has 0 saturated carbocycles. The number of thioether (sulfide) groups is 1. The maximum atomic E-state index is 12.3. The van der Waals surface area contributed by atoms with Gasteiger partial charge in [-0.25, -0.2) is 0 Å². The molecule has 2 amide bonds. The summed E-state index contributed by atoms with van der Waals surface area (Å²) < 4.78 is 0. The van der Waals surface area contributed by atoms with Crippen molar-refractivity contribution in [3.05, 3.63) is 29.3 Å². The Morgan fingerprint density at radius 3 is 2.65 bits per heavy atom. The Labute approximate surface area is 158 Å². The van der Waals surface area contributed by atoms with Gasteiger partial charge in [0.05, 0.1) is 0 Å². The van der Waals surface area contributed by atoms with Crippen molar-refractivity contribution < 1.29 is 9.59 Å². The van der Waals surface area contributed by atoms with Gasteiger partial charge in [-0.3, -0.25) is 9.59 Å². The Morgan fingerprint density at radius 1 is 1.31 bits per heavy atom. The third-order valence-electron chi connectivity index (χ3n) is 4.40. The molecule has 0 radical (unpaired) electrons. The fourth-order valence-electron chi connectivity index (χ4n) is 2.11. The summed E-state index contributed by atoms with van der Waals surface area (Å²) in [5.41, 5.74) is 3.70. The molecule has 26 heavy (non-hydrogen) atoms. The highest BCUT2D eigenvalue weighted by atomic mass is 32.2. The summed E-state index contributed by atoms with van der Waals surface area (Å²) in [6.07, 6.45) is 0.0882. The molecule has 1 aromatic rings. The Hall–Kier alpha value is -2.15. The van der Waals surface area contributed by atoms with Crippen LogP contribution < -0.4 is 10.6 Å². The smallest absolute Gasteiger partial charge is 0.240 e. The second-order valence-electron chi connectivity index (χ2n) is 7.44. The molecule has 0 aromatic heterocycles. The summed E-state index contributed by atoms with van der Waals surface area (Å²) in [5, 5.41) is 13.8. The number of carbonyl (C=O) groups is 2. The largest absolute Gasteiger partial charge is 0.326 e. The van der Waals surface area contributed by atoms with Crippen molar-refractivity contribution in [2.24, 2.45) is 15.6 Å². The van der Waals surface area contributed by atoms with Gasteiger partial charge < -0.3 is 10.6 Å². The second-order valence-corrected chi connectivity index (χ2v) is 8.63. The first-order chi connectivity index (χ1) is 12.1. The number of nitrogens with zero attached hydrogens (tertiary/aromatic N) is 2. The van der Waals surface area contributed by atoms with Crippen LogP contribution in [-0.2, 0) is 9.59 Å². The number of benzene rings is 1. The topological polar surface area (TPSA) is 82.9 Å². The molecule has 1 atom stereocenters. The van der Waals surface area contributed by atoms with E-state index in [1.165, 1.54) is 11.8 Å². The minimum atomic E-state index is -0.496. The minimum Gasteiger partial charge on any atom is -0.326 e. The predicted octanol–water partition coefficient (Wildman–Crippen LogP) is 3.64. The van der Waals surface area contributed by atoms with Gasteiger partial charge in [-0.05, 0) is 38.0 Å². The molecule has 7 heteroatoms. The van der Waals surface area contributed by atoms with Gasteiger partial charge in [-0.1, -0.05) is 44.7 Å². The van der Waals surface area contributed by atoms with Crippen LogP contribution in [0.5, 0.6) is 0 Å². The molecule has 0 aliphatic carbocycles. The van der Waals surface area contributed by atoms with Crippen LogP contribution in [0, 0.1) is 19.3 Å². The molecular formula is C19H26N4O2S. The van der Waals surface area contributed by atoms with Crippen LogP contribution in [-0.4, -0.2) is 27.9 Å². The molecule has 1 heterocycles. The lowest BCUT2D eigenvalue weighted by atomic mass is 9.91. The second kappa shape index (κ2) is 8.03. The lowest BCUT2D eigenvalue weighted by molar-refractivity contribution is -0.122. The maximum absolute atomic E-state index is 12.3. The molecule has 2 rings (SSSR count). The van der Waals surface area contributed by atoms with E-state index in [-0.39, 0.29) is 23.7 Å². The van der Waals surface area contributed by atoms with Crippen LogP contribution in [0.4, 0.5) is 5.69 Å². The molecule has 140 valence electrons. The average Bonchev–Trinajstić information content (AvgIpc) is 2.88. The standard InChI is InChI=1S/C19H26N4O2S/c1-11-8-7-9-14(12(11)2)20-16(24)10-15-17(25)21-18(26-15)23-22-13(3)19(4,5)6/h7-9,15H,10H2,1-6H3,(H,20,24)(H,21,23,25)/b22-13-/t15-/m0/s1. The Morgan fingerprint density at radius 2 is 2.00 bits per heavy atom. The first-order valence-corrected chi connectivity index (χ1v) is 9.42. The lowest BCUT2D eigenvalue weighted by Gasteiger charge is -2.16. The zero-order chi connectivity index (χ0) is 19.5. The van der Waals surface area contributed by atoms with Crippen molar-refractivity contribution >= 4 is 40.1 Å². The summed E-state index contributed by atoms with van der Waals surface area (Å²) in [4.78, 5) is 24.4. The van der Waals surface area contributed by atoms with E-state index in [4.69, 9.17) is 0 Å². The zero-order valence-electron chi connectivity index (χ0n) is 16.1. The first-order valence-electron chi connectivity index (χ1n) is 8.54. The van der Waals surface area contributed by atoms with Crippen LogP contribution in [0.1, 0.15) is 45.2 Å². The van der Waals surface area contributed by atoms with E-state index < -0.39 is 5.25 Å². The Balaban J connectivity index is 1.99. The van der Waals surface area contributed by atoms with Gasteiger partial charge >= 0.3 is 0 Å². The van der Waals surface area contributed by atoms with E-state index in [2.05, 4.69) is 20.8 Å². The number of nitrogens with one attached hydrogen (secondary N) is 2. The lowest BCUT2D eigenvalue weighted by Crippen LogP contribution is -2.28. The third kappa shape index (κ3) is 5.17. The van der Waals surface area contributed by atoms with Gasteiger partial charge in [0, 0.05) is 23.2 Å². The number of aryl methyl sites for hydroxylation is 1. The molecule has 1 fully saturated rings. The number of hydrogen-bond donors (Lipinski definition) is 2. The van der Waals surface area contributed by atoms with Gasteiger partial charge in [0.25, 0.3) is 0 Å². The normalized spacial score (nSPS) is 19.6. The average molecular weight is 375 g/mol. The van der Waals surface area contributed by atoms with Crippen molar-refractivity contribution in [1.29, 1.82) is 0 Å². The van der Waals surface area contributed by atoms with Crippen molar-refractivity contribution in [2.75, 3.05) is 5.32 Å². The number of amidine groups is 1. The van der Waals surface area contributed by atoms with Gasteiger partial charge in [0.15, 0.2) is 5.17 Å². The van der Waals surface area contributed by atoms with Gasteiger partial charge in [-0.2, -0.15) is 5.10 Å². The van der Waals surface area contributed by atoms with E-state index in [1.54, 1.807) is 0 Å². The summed E-state index contributed by atoms with van der Waals surface area (Å²) in [6, 6.07) is 5.75. The number of anilines is 1. The summed E-state index contributed by atoms with van der Waals surface area (Å²) >= 11 is 1.24. The summed E-state index contributed by atoms with van der Waals surface area (Å²) in [6.45, 7) is 12.0. The number of amides is 2. The fourth-order valence-corrected chi connectivity index (χ4v) is 3.03. The highest BCUT2D eigenvalue weighted by Gasteiger charge is 2.32. The van der Waals surface area contributed by atoms with E-state index in [9.17, 15) is 9.59 Å². The van der Waals surface area contributed by atoms with Gasteiger partial charge in [0.1, 0.15) is 5.25 Å². The van der Waals surface area contributed by atoms with Crippen molar-refractivity contribution in [3.63, 3.8) is 0 Å². The highest BCUT2D eigenvalue weighted by molar-refractivity contribution is 8.15. The van der Waals surface area contributed by atoms with E-state index in [0.717, 1.165) is 22.5 Å². The summed E-state index contributed by atoms with van der Waals surface area (Å²) in [7, 11) is 0. The van der Waals surface area contributed by atoms with Crippen LogP contribution >= 0.6 is 11.8 Å². The molecule has 2 N–H and O–H groups in total. The van der Waals surface area contributed by atoms with Gasteiger partial charge in [-0.15, -0.1) is 5.10 Å². The fraction of sp³-hybridized carbons (Fsp3) is 0.474. The number of rotatable bonds is 4. The molecule has 0 spiro atoms. The molecule has 0 bridgehead atoms. The SMILES string of the molecule is C/C(=N/N=C1\NC(=O)[C@H](CC(=O)Nc2cccc(C)c2C)S1)C(C)(C)C. The van der Waals surface area contributed by atoms with Crippen molar-refractivity contribution in [2.45, 2.75) is 53.2 Å². The van der Waals surface area contributed by atoms with E-state index in [1.807, 2.05) is 59.7 Å². The molecule has 1 aliphatic heterocycles. The molecule has 1 saturated heterocycles. The predicted molar refractivity (Wildman–Crippen MR) is 109 cm³/mol. The van der Waals surface area contributed by atoms with Crippen LogP contribution in [0.2, 0.25) is 0 Å².